The van der Waals surface area contributed by atoms with E-state index in [4.69, 9.17) is 32.3 Å². The van der Waals surface area contributed by atoms with Crippen molar-refractivity contribution in [3.63, 3.8) is 0 Å². The molecule has 0 amide bonds. The number of hydrogen-bond donors (Lipinski definition) is 4. The number of rotatable bonds is 89. The molecule has 0 saturated carbocycles. The van der Waals surface area contributed by atoms with Crippen molar-refractivity contribution in [1.29, 1.82) is 0 Å². The third-order valence-corrected chi connectivity index (χ3v) is 21.7. The van der Waals surface area contributed by atoms with Crippen LogP contribution in [-0.4, -0.2) is 95.9 Å². The Morgan fingerprint density at radius 1 is 0.231 bits per heavy atom. The second kappa shape index (κ2) is 93.5. The van der Waals surface area contributed by atoms with Gasteiger partial charge in [-0.3, -0.25) is 32.5 Å². The zero-order valence-electron chi connectivity index (χ0n) is 76.1. The minimum Gasteiger partial charge on any atom is -0.463 e. The standard InChI is InChI=1S/C103H172O16P2/c1-4-7-10-13-16-19-22-25-28-31-34-37-40-42-44-46-48-50-52-54-57-59-62-65-68-71-74-77-80-83-86-89-101(106)113-92-98(104)93-115-120(109,110)116-94-99(105)95-117-121(111,112)118-97-100(119-103(108)91-88-85-82-79-76-73-70-67-64-61-56-39-36-33-30-27-24-21-18-15-12-9-6-3)96-114-102(107)90-87-84-81-78-75-72-69-66-63-60-58-55-53-51-49-47-45-43-41-38-35-32-29-26-23-20-17-14-11-8-5-2/h7-12,16-21,25-30,34-39,42-45,48,50,61,64,98-100,104-105H,4-6,13-15,22-24,31-33,40-41,46-47,49,51-60,62-63,65-97H2,1-3H3,(H,109,110)(H,111,112)/b10-7-,11-8-,12-9-,19-16-,20-17-,21-18-,28-25-,29-26-,30-27-,37-34-,38-35-,39-36-,44-42-,45-43-,50-48-,64-61-. The van der Waals surface area contributed by atoms with Crippen molar-refractivity contribution < 1.29 is 75.8 Å². The largest absolute Gasteiger partial charge is 0.472 e. The molecule has 121 heavy (non-hydrogen) atoms. The first kappa shape index (κ1) is 115. The van der Waals surface area contributed by atoms with E-state index < -0.39 is 91.5 Å². The van der Waals surface area contributed by atoms with Crippen LogP contribution in [0.5, 0.6) is 0 Å². The Bertz CT molecular complexity index is 2980. The fraction of sp³-hybridized carbons (Fsp3) is 0.660. The van der Waals surface area contributed by atoms with Gasteiger partial charge in [-0.05, 0) is 161 Å². The summed E-state index contributed by atoms with van der Waals surface area (Å²) in [5, 5.41) is 20.8. The SMILES string of the molecule is CC/C=C\C/C=C\C/C=C\C/C=C\C/C=C\C/C=C\CCCCCCCCCCCCCCC(=O)OCC(O)COP(=O)(O)OCC(O)COP(=O)(O)OCC(COC(=O)CCCCCCCCCCCCCCCCC/C=C\C/C=C\C/C=C\C/C=C\C/C=C\CC)OC(=O)CCCCCCCCC/C=C\C/C=C\C/C=C\C/C=C\C/C=C\CC. The van der Waals surface area contributed by atoms with E-state index in [1.165, 1.54) is 122 Å². The van der Waals surface area contributed by atoms with Crippen LogP contribution in [0.2, 0.25) is 0 Å². The molecule has 0 aliphatic heterocycles. The van der Waals surface area contributed by atoms with E-state index in [-0.39, 0.29) is 19.3 Å². The Morgan fingerprint density at radius 2 is 0.413 bits per heavy atom. The van der Waals surface area contributed by atoms with E-state index >= 15 is 0 Å². The molecule has 0 spiro atoms. The molecule has 0 rings (SSSR count). The number of carbonyl (C=O) groups excluding carboxylic acids is 3. The first-order chi connectivity index (χ1) is 59.2. The number of phosphoric acid groups is 2. The first-order valence-corrected chi connectivity index (χ1v) is 50.7. The number of aliphatic hydroxyl groups is 2. The van der Waals surface area contributed by atoms with Crippen molar-refractivity contribution in [2.75, 3.05) is 39.6 Å². The van der Waals surface area contributed by atoms with Crippen LogP contribution in [0.4, 0.5) is 0 Å². The van der Waals surface area contributed by atoms with Crippen LogP contribution < -0.4 is 0 Å². The first-order valence-electron chi connectivity index (χ1n) is 47.7. The highest BCUT2D eigenvalue weighted by Crippen LogP contribution is 2.45. The smallest absolute Gasteiger partial charge is 0.463 e. The van der Waals surface area contributed by atoms with Gasteiger partial charge in [-0.15, -0.1) is 0 Å². The summed E-state index contributed by atoms with van der Waals surface area (Å²) < 4.78 is 61.6. The Kier molecular flexibility index (Phi) is 89.2. The summed E-state index contributed by atoms with van der Waals surface area (Å²) in [7, 11) is -9.82. The number of hydrogen-bond acceptors (Lipinski definition) is 14. The van der Waals surface area contributed by atoms with E-state index in [0.29, 0.717) is 19.3 Å². The minimum absolute atomic E-state index is 0.0867. The zero-order chi connectivity index (χ0) is 87.9. The number of esters is 3. The monoisotopic (exact) mass is 1730 g/mol. The maximum absolute atomic E-state index is 13.1. The number of allylic oxidation sites excluding steroid dienone is 32. The van der Waals surface area contributed by atoms with Crippen molar-refractivity contribution in [2.24, 2.45) is 0 Å². The summed E-state index contributed by atoms with van der Waals surface area (Å²) in [6.45, 7) is 2.37. The fourth-order valence-corrected chi connectivity index (χ4v) is 14.3. The molecule has 690 valence electrons. The van der Waals surface area contributed by atoms with Gasteiger partial charge in [0.15, 0.2) is 6.10 Å². The molecule has 0 aromatic heterocycles. The number of unbranched alkanes of at least 4 members (excludes halogenated alkanes) is 34. The maximum atomic E-state index is 13.1. The van der Waals surface area contributed by atoms with Gasteiger partial charge in [-0.2, -0.15) is 0 Å². The lowest BCUT2D eigenvalue weighted by atomic mass is 10.0. The molecule has 0 aliphatic carbocycles. The van der Waals surface area contributed by atoms with E-state index in [1.54, 1.807) is 0 Å². The molecule has 16 nitrogen and oxygen atoms in total. The third-order valence-electron chi connectivity index (χ3n) is 19.8. The van der Waals surface area contributed by atoms with Crippen LogP contribution in [0.1, 0.15) is 380 Å². The van der Waals surface area contributed by atoms with Gasteiger partial charge in [0.05, 0.1) is 26.4 Å². The van der Waals surface area contributed by atoms with Crippen molar-refractivity contribution in [2.45, 2.75) is 399 Å². The summed E-state index contributed by atoms with van der Waals surface area (Å²) in [4.78, 5) is 59.1. The van der Waals surface area contributed by atoms with Crippen molar-refractivity contribution in [3.05, 3.63) is 194 Å². The van der Waals surface area contributed by atoms with Gasteiger partial charge in [0, 0.05) is 19.3 Å². The van der Waals surface area contributed by atoms with Gasteiger partial charge < -0.3 is 34.2 Å². The molecule has 0 heterocycles. The molecule has 18 heteroatoms. The van der Waals surface area contributed by atoms with E-state index in [2.05, 4.69) is 215 Å². The molecule has 0 saturated heterocycles. The predicted octanol–water partition coefficient (Wildman–Crippen LogP) is 29.8. The van der Waals surface area contributed by atoms with Crippen LogP contribution >= 0.6 is 15.6 Å². The third kappa shape index (κ3) is 94.9. The lowest BCUT2D eigenvalue weighted by Gasteiger charge is -2.21. The number of carbonyl (C=O) groups is 3. The molecule has 5 atom stereocenters. The average molecular weight is 1730 g/mol. The number of phosphoric ester groups is 2. The topological polar surface area (TPSA) is 231 Å². The molecular formula is C103H172O16P2. The molecular weight excluding hydrogens is 1560 g/mol. The average Bonchev–Trinajstić information content (AvgIpc) is 0.884. The summed E-state index contributed by atoms with van der Waals surface area (Å²) in [6.07, 6.45) is 125. The van der Waals surface area contributed by atoms with E-state index in [0.717, 1.165) is 199 Å². The molecule has 4 N–H and O–H groups in total. The van der Waals surface area contributed by atoms with Gasteiger partial charge in [-0.25, -0.2) is 9.13 Å². The molecule has 0 fully saturated rings. The molecule has 0 aromatic rings. The van der Waals surface area contributed by atoms with Crippen LogP contribution in [0.3, 0.4) is 0 Å². The lowest BCUT2D eigenvalue weighted by molar-refractivity contribution is -0.161. The van der Waals surface area contributed by atoms with Gasteiger partial charge in [-0.1, -0.05) is 395 Å². The minimum atomic E-state index is -4.95. The molecule has 0 aliphatic rings. The van der Waals surface area contributed by atoms with Crippen LogP contribution in [0.25, 0.3) is 0 Å². The zero-order valence-corrected chi connectivity index (χ0v) is 77.9. The maximum Gasteiger partial charge on any atom is 0.472 e. The number of ether oxygens (including phenoxy) is 3. The van der Waals surface area contributed by atoms with Crippen LogP contribution in [-0.2, 0) is 55.8 Å². The Hall–Kier alpha value is -5.61. The van der Waals surface area contributed by atoms with Gasteiger partial charge in [0.25, 0.3) is 0 Å². The van der Waals surface area contributed by atoms with Gasteiger partial charge in [0.1, 0.15) is 25.4 Å². The Balaban J connectivity index is 4.63. The Labute approximate surface area is 737 Å². The Morgan fingerprint density at radius 3 is 0.653 bits per heavy atom. The summed E-state index contributed by atoms with van der Waals surface area (Å²) >= 11 is 0. The second-order valence-electron chi connectivity index (χ2n) is 31.4. The van der Waals surface area contributed by atoms with Gasteiger partial charge >= 0.3 is 33.6 Å². The highest BCUT2D eigenvalue weighted by atomic mass is 31.2. The van der Waals surface area contributed by atoms with E-state index in [9.17, 15) is 43.5 Å². The predicted molar refractivity (Wildman–Crippen MR) is 509 cm³/mol. The van der Waals surface area contributed by atoms with Crippen molar-refractivity contribution in [3.8, 4) is 0 Å². The van der Waals surface area contributed by atoms with Crippen LogP contribution in [0.15, 0.2) is 194 Å². The highest BCUT2D eigenvalue weighted by Gasteiger charge is 2.30. The molecule has 0 bridgehead atoms. The molecule has 0 aromatic carbocycles. The lowest BCUT2D eigenvalue weighted by Crippen LogP contribution is -2.30. The van der Waals surface area contributed by atoms with Crippen molar-refractivity contribution >= 4 is 33.6 Å². The van der Waals surface area contributed by atoms with Crippen LogP contribution in [0, 0.1) is 0 Å². The summed E-state index contributed by atoms with van der Waals surface area (Å²) in [5.74, 6) is -1.58. The van der Waals surface area contributed by atoms with E-state index in [1.807, 2.05) is 0 Å². The molecule has 0 radical (unpaired) electrons. The number of aliphatic hydroxyl groups excluding tert-OH is 2. The summed E-state index contributed by atoms with van der Waals surface area (Å²) in [5.41, 5.74) is 0. The fourth-order valence-electron chi connectivity index (χ4n) is 12.7. The molecule has 5 unspecified atom stereocenters. The van der Waals surface area contributed by atoms with Gasteiger partial charge in [0.2, 0.25) is 0 Å². The normalized spacial score (nSPS) is 14.6. The summed E-state index contributed by atoms with van der Waals surface area (Å²) in [6, 6.07) is 0. The van der Waals surface area contributed by atoms with Crippen molar-refractivity contribution in [1.82, 2.24) is 0 Å². The quantitative estimate of drug-likeness (QED) is 0.0146. The highest BCUT2D eigenvalue weighted by molar-refractivity contribution is 7.47. The second-order valence-corrected chi connectivity index (χ2v) is 34.3.